The first-order chi connectivity index (χ1) is 14.4. The van der Waals surface area contributed by atoms with Crippen molar-refractivity contribution in [2.75, 3.05) is 14.1 Å². The Bertz CT molecular complexity index is 471. The lowest BCUT2D eigenvalue weighted by Crippen LogP contribution is -2.24. The van der Waals surface area contributed by atoms with Gasteiger partial charge in [-0.2, -0.15) is 0 Å². The zero-order chi connectivity index (χ0) is 22.6. The molecule has 0 aliphatic rings. The Hall–Kier alpha value is -1.16. The van der Waals surface area contributed by atoms with Crippen LogP contribution in [0.3, 0.4) is 0 Å². The van der Waals surface area contributed by atoms with Gasteiger partial charge in [-0.05, 0) is 34.4 Å². The average Bonchev–Trinajstić information content (AvgIpc) is 2.70. The second kappa shape index (κ2) is 19.8. The highest BCUT2D eigenvalue weighted by atomic mass is 16.6. The van der Waals surface area contributed by atoms with Gasteiger partial charge in [0.05, 0.1) is 0 Å². The molecule has 0 fully saturated rings. The summed E-state index contributed by atoms with van der Waals surface area (Å²) < 4.78 is 4.95. The molecule has 0 radical (unpaired) electrons. The fourth-order valence-electron chi connectivity index (χ4n) is 3.45. The maximum absolute atomic E-state index is 11.9. The molecular formula is C26H49NO3. The molecule has 0 aromatic heterocycles. The van der Waals surface area contributed by atoms with Crippen LogP contribution in [0.5, 0.6) is 0 Å². The smallest absolute Gasteiger partial charge is 0.341 e. The van der Waals surface area contributed by atoms with Gasteiger partial charge in [-0.3, -0.25) is 4.79 Å². The molecule has 0 saturated carbocycles. The van der Waals surface area contributed by atoms with E-state index in [0.29, 0.717) is 12.0 Å². The van der Waals surface area contributed by atoms with E-state index in [1.54, 1.807) is 6.92 Å². The maximum atomic E-state index is 11.9. The van der Waals surface area contributed by atoms with E-state index in [1.807, 2.05) is 32.0 Å². The van der Waals surface area contributed by atoms with E-state index in [2.05, 4.69) is 6.92 Å². The molecule has 1 atom stereocenters. The number of nitrogens with zero attached hydrogens (tertiary/aromatic N) is 1. The van der Waals surface area contributed by atoms with Crippen LogP contribution < -0.4 is 0 Å². The van der Waals surface area contributed by atoms with Crippen molar-refractivity contribution in [3.05, 3.63) is 11.6 Å². The van der Waals surface area contributed by atoms with E-state index < -0.39 is 11.9 Å². The number of esters is 2. The van der Waals surface area contributed by atoms with Crippen molar-refractivity contribution in [3.8, 4) is 0 Å². The molecule has 1 unspecified atom stereocenters. The fraction of sp³-hybridized carbons (Fsp3) is 0.846. The number of carbonyl (C=O) groups is 2. The van der Waals surface area contributed by atoms with Crippen molar-refractivity contribution in [3.63, 3.8) is 0 Å². The van der Waals surface area contributed by atoms with Gasteiger partial charge in [0, 0.05) is 18.0 Å². The summed E-state index contributed by atoms with van der Waals surface area (Å²) in [7, 11) is 3.89. The summed E-state index contributed by atoms with van der Waals surface area (Å²) in [4.78, 5) is 25.8. The zero-order valence-corrected chi connectivity index (χ0v) is 20.6. The second-order valence-corrected chi connectivity index (χ2v) is 9.02. The van der Waals surface area contributed by atoms with Gasteiger partial charge in [0.25, 0.3) is 0 Å². The van der Waals surface area contributed by atoms with Crippen LogP contribution in [0.1, 0.15) is 124 Å². The van der Waals surface area contributed by atoms with E-state index >= 15 is 0 Å². The SMILES string of the molecule is CCCCCCCCCCCCCCCCCC(=O)OC(=O)C(C)=CC(C)N(C)C. The minimum atomic E-state index is -0.519. The van der Waals surface area contributed by atoms with Crippen molar-refractivity contribution in [1.29, 1.82) is 0 Å². The second-order valence-electron chi connectivity index (χ2n) is 9.02. The van der Waals surface area contributed by atoms with Gasteiger partial charge in [0.1, 0.15) is 0 Å². The molecule has 0 amide bonds. The Kier molecular flexibility index (Phi) is 19.0. The number of likely N-dealkylation sites (N-methyl/N-ethyl adjacent to an activating group) is 1. The molecule has 0 rings (SSSR count). The van der Waals surface area contributed by atoms with Gasteiger partial charge in [-0.15, -0.1) is 0 Å². The summed E-state index contributed by atoms with van der Waals surface area (Å²) in [6.07, 6.45) is 21.6. The highest BCUT2D eigenvalue weighted by Gasteiger charge is 2.13. The third kappa shape index (κ3) is 17.7. The van der Waals surface area contributed by atoms with Crippen LogP contribution in [0.4, 0.5) is 0 Å². The van der Waals surface area contributed by atoms with Gasteiger partial charge in [-0.1, -0.05) is 103 Å². The lowest BCUT2D eigenvalue weighted by molar-refractivity contribution is -0.157. The monoisotopic (exact) mass is 423 g/mol. The molecule has 0 heterocycles. The summed E-state index contributed by atoms with van der Waals surface area (Å²) in [5.41, 5.74) is 0.487. The predicted octanol–water partition coefficient (Wildman–Crippen LogP) is 7.21. The molecule has 0 spiro atoms. The summed E-state index contributed by atoms with van der Waals surface area (Å²) >= 11 is 0. The van der Waals surface area contributed by atoms with E-state index in [0.717, 1.165) is 19.3 Å². The Morgan fingerprint density at radius 3 is 1.57 bits per heavy atom. The third-order valence-corrected chi connectivity index (χ3v) is 5.82. The standard InChI is InChI=1S/C26H49NO3/c1-6-7-8-9-10-11-12-13-14-15-16-17-18-19-20-21-25(28)30-26(29)23(2)22-24(3)27(4)5/h22,24H,6-21H2,1-5H3. The van der Waals surface area contributed by atoms with Crippen molar-refractivity contribution in [1.82, 2.24) is 4.90 Å². The Labute approximate surface area is 186 Å². The molecule has 0 aliphatic heterocycles. The average molecular weight is 424 g/mol. The number of ether oxygens (including phenoxy) is 1. The summed E-state index contributed by atoms with van der Waals surface area (Å²) in [6.45, 7) is 5.96. The van der Waals surface area contributed by atoms with Crippen molar-refractivity contribution < 1.29 is 14.3 Å². The van der Waals surface area contributed by atoms with Gasteiger partial charge >= 0.3 is 11.9 Å². The van der Waals surface area contributed by atoms with Crippen LogP contribution >= 0.6 is 0 Å². The molecule has 0 saturated heterocycles. The minimum Gasteiger partial charge on any atom is -0.390 e. The van der Waals surface area contributed by atoms with Crippen LogP contribution in [0.2, 0.25) is 0 Å². The molecule has 0 aromatic rings. The quantitative estimate of drug-likeness (QED) is 0.0952. The van der Waals surface area contributed by atoms with E-state index in [-0.39, 0.29) is 6.04 Å². The lowest BCUT2D eigenvalue weighted by Gasteiger charge is -2.16. The Morgan fingerprint density at radius 2 is 1.17 bits per heavy atom. The molecule has 4 nitrogen and oxygen atoms in total. The van der Waals surface area contributed by atoms with Gasteiger partial charge in [-0.25, -0.2) is 4.79 Å². The first-order valence-electron chi connectivity index (χ1n) is 12.5. The largest absolute Gasteiger partial charge is 0.390 e. The van der Waals surface area contributed by atoms with Crippen LogP contribution in [0.15, 0.2) is 11.6 Å². The molecular weight excluding hydrogens is 374 g/mol. The summed E-state index contributed by atoms with van der Waals surface area (Å²) in [5, 5.41) is 0. The first kappa shape index (κ1) is 28.8. The molecule has 0 aromatic carbocycles. The number of hydrogen-bond donors (Lipinski definition) is 0. The summed E-state index contributed by atoms with van der Waals surface area (Å²) in [6, 6.07) is 0.128. The van der Waals surface area contributed by atoms with Crippen molar-refractivity contribution in [2.45, 2.75) is 130 Å². The lowest BCUT2D eigenvalue weighted by atomic mass is 10.0. The zero-order valence-electron chi connectivity index (χ0n) is 20.6. The fourth-order valence-corrected chi connectivity index (χ4v) is 3.45. The van der Waals surface area contributed by atoms with Crippen molar-refractivity contribution >= 4 is 11.9 Å². The molecule has 0 aliphatic carbocycles. The molecule has 0 N–H and O–H groups in total. The number of unbranched alkanes of at least 4 members (excludes halogenated alkanes) is 14. The highest BCUT2D eigenvalue weighted by molar-refractivity contribution is 5.95. The summed E-state index contributed by atoms with van der Waals surface area (Å²) in [5.74, 6) is -0.922. The highest BCUT2D eigenvalue weighted by Crippen LogP contribution is 2.14. The van der Waals surface area contributed by atoms with Crippen LogP contribution in [-0.4, -0.2) is 37.0 Å². The van der Waals surface area contributed by atoms with E-state index in [1.165, 1.54) is 77.0 Å². The van der Waals surface area contributed by atoms with Gasteiger partial charge in [0.15, 0.2) is 0 Å². The topological polar surface area (TPSA) is 46.6 Å². The normalized spacial score (nSPS) is 12.9. The third-order valence-electron chi connectivity index (χ3n) is 5.82. The maximum Gasteiger partial charge on any atom is 0.341 e. The molecule has 30 heavy (non-hydrogen) atoms. The first-order valence-corrected chi connectivity index (χ1v) is 12.5. The van der Waals surface area contributed by atoms with E-state index in [4.69, 9.17) is 4.74 Å². The predicted molar refractivity (Wildman–Crippen MR) is 128 cm³/mol. The van der Waals surface area contributed by atoms with Crippen LogP contribution in [-0.2, 0) is 14.3 Å². The van der Waals surface area contributed by atoms with Crippen molar-refractivity contribution in [2.24, 2.45) is 0 Å². The van der Waals surface area contributed by atoms with E-state index in [9.17, 15) is 9.59 Å². The Morgan fingerprint density at radius 1 is 0.767 bits per heavy atom. The molecule has 4 heteroatoms. The van der Waals surface area contributed by atoms with Crippen LogP contribution in [0, 0.1) is 0 Å². The number of rotatable bonds is 19. The Balaban J connectivity index is 3.52. The molecule has 0 bridgehead atoms. The minimum absolute atomic E-state index is 0.128. The number of hydrogen-bond acceptors (Lipinski definition) is 4. The van der Waals surface area contributed by atoms with Gasteiger partial charge < -0.3 is 9.64 Å². The van der Waals surface area contributed by atoms with Gasteiger partial charge in [0.2, 0.25) is 0 Å². The number of carbonyl (C=O) groups excluding carboxylic acids is 2. The molecule has 176 valence electrons. The van der Waals surface area contributed by atoms with Crippen LogP contribution in [0.25, 0.3) is 0 Å².